The number of carbonyl (C=O) groups is 2. The molecule has 4 heterocycles. The molecule has 9 heteroatoms. The van der Waals surface area contributed by atoms with E-state index in [0.29, 0.717) is 27.0 Å². The first-order valence-corrected chi connectivity index (χ1v) is 9.55. The molecule has 1 aliphatic heterocycles. The Labute approximate surface area is 164 Å². The molecule has 0 atom stereocenters. The van der Waals surface area contributed by atoms with Crippen LogP contribution in [0.4, 0.5) is 4.79 Å². The molecule has 0 amide bonds. The summed E-state index contributed by atoms with van der Waals surface area (Å²) in [6.07, 6.45) is 1.02. The minimum Gasteiger partial charge on any atom is -0.442 e. The van der Waals surface area contributed by atoms with Crippen molar-refractivity contribution < 1.29 is 19.1 Å². The van der Waals surface area contributed by atoms with E-state index in [1.807, 2.05) is 6.07 Å². The lowest BCUT2D eigenvalue weighted by atomic mass is 10.0. The summed E-state index contributed by atoms with van der Waals surface area (Å²) in [5.74, 6) is -0.234. The predicted molar refractivity (Wildman–Crippen MR) is 104 cm³/mol. The lowest BCUT2D eigenvalue weighted by molar-refractivity contribution is 0.0513. The van der Waals surface area contributed by atoms with E-state index < -0.39 is 11.7 Å². The molecule has 28 heavy (non-hydrogen) atoms. The van der Waals surface area contributed by atoms with Crippen LogP contribution in [0.3, 0.4) is 0 Å². The van der Waals surface area contributed by atoms with E-state index in [0.717, 1.165) is 15.1 Å². The summed E-state index contributed by atoms with van der Waals surface area (Å²) in [7, 11) is 0. The minimum atomic E-state index is -0.631. The zero-order valence-electron chi connectivity index (χ0n) is 15.9. The van der Waals surface area contributed by atoms with E-state index in [-0.39, 0.29) is 24.6 Å². The van der Waals surface area contributed by atoms with Gasteiger partial charge in [-0.15, -0.1) is 11.3 Å². The number of rotatable bonds is 1. The van der Waals surface area contributed by atoms with Crippen LogP contribution in [0.15, 0.2) is 17.1 Å². The normalized spacial score (nSPS) is 14.4. The summed E-state index contributed by atoms with van der Waals surface area (Å²) in [6, 6.07) is 1.85. The molecule has 0 saturated carbocycles. The Hall–Kier alpha value is -2.78. The molecule has 0 aromatic carbocycles. The van der Waals surface area contributed by atoms with E-state index >= 15 is 0 Å². The third kappa shape index (κ3) is 3.16. The second-order valence-electron chi connectivity index (χ2n) is 7.63. The van der Waals surface area contributed by atoms with Crippen molar-refractivity contribution in [2.45, 2.75) is 39.9 Å². The number of thiophene rings is 1. The van der Waals surface area contributed by atoms with Crippen LogP contribution in [0.2, 0.25) is 0 Å². The quantitative estimate of drug-likeness (QED) is 0.671. The van der Waals surface area contributed by atoms with Gasteiger partial charge in [-0.05, 0) is 33.8 Å². The van der Waals surface area contributed by atoms with Crippen LogP contribution >= 0.6 is 11.3 Å². The molecule has 8 nitrogen and oxygen atoms in total. The van der Waals surface area contributed by atoms with Crippen LogP contribution in [0.25, 0.3) is 20.5 Å². The standard InChI is InChI=1S/C19H19N3O5S/c1-9-11(6-22(21-9)18(25)27-19(2,3)4)14-5-10-12-7-26-8-13(23)15(12)20-17(24)16(10)28-14/h5-6H,7-8H2,1-4H3,(H,20,24). The Kier molecular flexibility index (Phi) is 4.24. The molecule has 0 fully saturated rings. The molecule has 0 bridgehead atoms. The number of ketones is 1. The van der Waals surface area contributed by atoms with Gasteiger partial charge < -0.3 is 14.5 Å². The molecule has 0 saturated heterocycles. The van der Waals surface area contributed by atoms with E-state index in [1.54, 1.807) is 33.9 Å². The first kappa shape index (κ1) is 18.6. The van der Waals surface area contributed by atoms with Gasteiger partial charge in [-0.1, -0.05) is 0 Å². The summed E-state index contributed by atoms with van der Waals surface area (Å²) in [6.45, 7) is 7.37. The smallest absolute Gasteiger partial charge is 0.435 e. The highest BCUT2D eigenvalue weighted by Gasteiger charge is 2.25. The maximum Gasteiger partial charge on any atom is 0.435 e. The van der Waals surface area contributed by atoms with Crippen LogP contribution in [-0.4, -0.2) is 38.8 Å². The Bertz CT molecular complexity index is 1180. The Morgan fingerprint density at radius 3 is 2.79 bits per heavy atom. The molecule has 0 radical (unpaired) electrons. The average Bonchev–Trinajstić information content (AvgIpc) is 3.19. The number of aryl methyl sites for hydroxylation is 1. The van der Waals surface area contributed by atoms with Crippen molar-refractivity contribution in [3.63, 3.8) is 0 Å². The Balaban J connectivity index is 1.81. The fourth-order valence-electron chi connectivity index (χ4n) is 3.11. The number of ether oxygens (including phenoxy) is 2. The average molecular weight is 401 g/mol. The van der Waals surface area contributed by atoms with Crippen LogP contribution in [0.5, 0.6) is 0 Å². The van der Waals surface area contributed by atoms with Gasteiger partial charge in [0.2, 0.25) is 5.78 Å². The van der Waals surface area contributed by atoms with E-state index in [1.165, 1.54) is 11.3 Å². The van der Waals surface area contributed by atoms with Crippen molar-refractivity contribution in [3.05, 3.63) is 39.6 Å². The summed E-state index contributed by atoms with van der Waals surface area (Å²) < 4.78 is 12.4. The third-order valence-electron chi connectivity index (χ3n) is 4.31. The SMILES string of the molecule is Cc1nn(C(=O)OC(C)(C)C)cc1-c1cc2c3c([nH]c(=O)c2s1)C(=O)COC3. The molecule has 1 N–H and O–H groups in total. The number of pyridine rings is 1. The molecule has 3 aromatic heterocycles. The number of nitrogens with one attached hydrogen (secondary N) is 1. The molecular weight excluding hydrogens is 382 g/mol. The Morgan fingerprint density at radius 2 is 2.07 bits per heavy atom. The summed E-state index contributed by atoms with van der Waals surface area (Å²) in [5, 5.41) is 4.94. The molecule has 0 aliphatic carbocycles. The summed E-state index contributed by atoms with van der Waals surface area (Å²) in [5.41, 5.74) is 1.42. The maximum atomic E-state index is 12.5. The van der Waals surface area contributed by atoms with Gasteiger partial charge in [0.1, 0.15) is 16.9 Å². The number of nitrogens with zero attached hydrogens (tertiary/aromatic N) is 2. The van der Waals surface area contributed by atoms with Crippen molar-refractivity contribution in [2.75, 3.05) is 6.61 Å². The minimum absolute atomic E-state index is 0.0345. The highest BCUT2D eigenvalue weighted by atomic mass is 32.1. The van der Waals surface area contributed by atoms with Crippen LogP contribution in [-0.2, 0) is 16.1 Å². The molecule has 146 valence electrons. The lowest BCUT2D eigenvalue weighted by Gasteiger charge is -2.18. The van der Waals surface area contributed by atoms with Crippen LogP contribution < -0.4 is 5.56 Å². The van der Waals surface area contributed by atoms with Crippen molar-refractivity contribution in [3.8, 4) is 10.4 Å². The largest absolute Gasteiger partial charge is 0.442 e. The van der Waals surface area contributed by atoms with Crippen LogP contribution in [0.1, 0.15) is 42.5 Å². The molecule has 0 unspecified atom stereocenters. The highest BCUT2D eigenvalue weighted by Crippen LogP contribution is 2.36. The molecular formula is C19H19N3O5S. The zero-order chi connectivity index (χ0) is 20.2. The number of fused-ring (bicyclic) bond motifs is 3. The van der Waals surface area contributed by atoms with Crippen molar-refractivity contribution in [1.82, 2.24) is 14.8 Å². The summed E-state index contributed by atoms with van der Waals surface area (Å²) >= 11 is 1.29. The zero-order valence-corrected chi connectivity index (χ0v) is 16.7. The highest BCUT2D eigenvalue weighted by molar-refractivity contribution is 7.22. The van der Waals surface area contributed by atoms with Crippen molar-refractivity contribution in [1.29, 1.82) is 0 Å². The number of Topliss-reactive ketones (excluding diaryl/α,β-unsaturated/α-hetero) is 1. The molecule has 1 aliphatic rings. The number of hydrogen-bond acceptors (Lipinski definition) is 7. The van der Waals surface area contributed by atoms with Gasteiger partial charge in [-0.25, -0.2) is 4.79 Å². The fourth-order valence-corrected chi connectivity index (χ4v) is 4.25. The molecule has 4 rings (SSSR count). The van der Waals surface area contributed by atoms with Gasteiger partial charge in [-0.3, -0.25) is 9.59 Å². The van der Waals surface area contributed by atoms with Gasteiger partial charge in [0.15, 0.2) is 0 Å². The van der Waals surface area contributed by atoms with Gasteiger partial charge in [0.25, 0.3) is 5.56 Å². The number of carbonyl (C=O) groups excluding carboxylic acids is 2. The lowest BCUT2D eigenvalue weighted by Crippen LogP contribution is -2.27. The number of H-pyrrole nitrogens is 1. The fraction of sp³-hybridized carbons (Fsp3) is 0.368. The second-order valence-corrected chi connectivity index (χ2v) is 8.68. The van der Waals surface area contributed by atoms with Crippen molar-refractivity contribution >= 4 is 33.3 Å². The predicted octanol–water partition coefficient (Wildman–Crippen LogP) is 3.26. The molecule has 0 spiro atoms. The first-order chi connectivity index (χ1) is 13.1. The maximum absolute atomic E-state index is 12.5. The first-order valence-electron chi connectivity index (χ1n) is 8.73. The van der Waals surface area contributed by atoms with Crippen molar-refractivity contribution in [2.24, 2.45) is 0 Å². The molecule has 3 aromatic rings. The van der Waals surface area contributed by atoms with Crippen LogP contribution in [0, 0.1) is 6.92 Å². The third-order valence-corrected chi connectivity index (χ3v) is 5.47. The second kappa shape index (κ2) is 6.39. The van der Waals surface area contributed by atoms with Gasteiger partial charge >= 0.3 is 6.09 Å². The topological polar surface area (TPSA) is 103 Å². The van der Waals surface area contributed by atoms with Gasteiger partial charge in [0, 0.05) is 27.6 Å². The van der Waals surface area contributed by atoms with E-state index in [4.69, 9.17) is 9.47 Å². The monoisotopic (exact) mass is 401 g/mol. The van der Waals surface area contributed by atoms with E-state index in [9.17, 15) is 14.4 Å². The van der Waals surface area contributed by atoms with Gasteiger partial charge in [-0.2, -0.15) is 9.78 Å². The summed E-state index contributed by atoms with van der Waals surface area (Å²) in [4.78, 5) is 40.3. The number of aromatic amines is 1. The Morgan fingerprint density at radius 1 is 1.32 bits per heavy atom. The van der Waals surface area contributed by atoms with Gasteiger partial charge in [0.05, 0.1) is 18.0 Å². The van der Waals surface area contributed by atoms with E-state index in [2.05, 4.69) is 10.1 Å². The number of hydrogen-bond donors (Lipinski definition) is 1. The number of aromatic nitrogens is 3.